The zero-order chi connectivity index (χ0) is 13.2. The van der Waals surface area contributed by atoms with Gasteiger partial charge in [0, 0.05) is 25.6 Å². The summed E-state index contributed by atoms with van der Waals surface area (Å²) < 4.78 is 0. The van der Waals surface area contributed by atoms with Crippen LogP contribution >= 0.6 is 0 Å². The number of rotatable bonds is 8. The SMILES string of the molecule is CC(C)NCCC(=O)NCCCN1CCCCC1. The lowest BCUT2D eigenvalue weighted by molar-refractivity contribution is -0.121. The Labute approximate surface area is 111 Å². The van der Waals surface area contributed by atoms with Crippen LogP contribution in [0.4, 0.5) is 0 Å². The zero-order valence-electron chi connectivity index (χ0n) is 12.0. The van der Waals surface area contributed by atoms with Crippen molar-refractivity contribution in [1.29, 1.82) is 0 Å². The molecule has 0 aromatic heterocycles. The van der Waals surface area contributed by atoms with Crippen molar-refractivity contribution in [2.24, 2.45) is 0 Å². The Hall–Kier alpha value is -0.610. The first-order valence-electron chi connectivity index (χ1n) is 7.41. The first-order valence-corrected chi connectivity index (χ1v) is 7.41. The third kappa shape index (κ3) is 7.67. The summed E-state index contributed by atoms with van der Waals surface area (Å²) in [6, 6.07) is 0.455. The molecule has 4 nitrogen and oxygen atoms in total. The fourth-order valence-corrected chi connectivity index (χ4v) is 2.28. The Kier molecular flexibility index (Phi) is 8.01. The number of hydrogen-bond donors (Lipinski definition) is 2. The second-order valence-corrected chi connectivity index (χ2v) is 5.46. The monoisotopic (exact) mass is 255 g/mol. The molecule has 1 aliphatic heterocycles. The van der Waals surface area contributed by atoms with Crippen molar-refractivity contribution < 1.29 is 4.79 Å². The van der Waals surface area contributed by atoms with Gasteiger partial charge in [0.2, 0.25) is 5.91 Å². The van der Waals surface area contributed by atoms with Crippen LogP contribution in [0.25, 0.3) is 0 Å². The molecular weight excluding hydrogens is 226 g/mol. The Bertz CT molecular complexity index is 225. The molecule has 1 aliphatic rings. The molecule has 1 amide bonds. The first kappa shape index (κ1) is 15.4. The summed E-state index contributed by atoms with van der Waals surface area (Å²) in [5, 5.41) is 6.24. The molecule has 1 heterocycles. The summed E-state index contributed by atoms with van der Waals surface area (Å²) in [6.45, 7) is 9.39. The Balaban J connectivity index is 1.91. The zero-order valence-corrected chi connectivity index (χ0v) is 12.0. The first-order chi connectivity index (χ1) is 8.68. The standard InChI is InChI=1S/C14H29N3O/c1-13(2)15-9-7-14(18)16-8-6-12-17-10-4-3-5-11-17/h13,15H,3-12H2,1-2H3,(H,16,18). The predicted octanol–water partition coefficient (Wildman–Crippen LogP) is 1.37. The largest absolute Gasteiger partial charge is 0.356 e. The maximum Gasteiger partial charge on any atom is 0.221 e. The quantitative estimate of drug-likeness (QED) is 0.644. The molecule has 1 fully saturated rings. The lowest BCUT2D eigenvalue weighted by atomic mass is 10.1. The minimum absolute atomic E-state index is 0.168. The third-order valence-corrected chi connectivity index (χ3v) is 3.33. The normalized spacial score (nSPS) is 17.1. The van der Waals surface area contributed by atoms with E-state index in [9.17, 15) is 4.79 Å². The molecule has 0 unspecified atom stereocenters. The number of piperidine rings is 1. The van der Waals surface area contributed by atoms with Gasteiger partial charge in [-0.1, -0.05) is 20.3 Å². The van der Waals surface area contributed by atoms with Crippen LogP contribution < -0.4 is 10.6 Å². The van der Waals surface area contributed by atoms with E-state index in [-0.39, 0.29) is 5.91 Å². The number of amides is 1. The van der Waals surface area contributed by atoms with Gasteiger partial charge >= 0.3 is 0 Å². The van der Waals surface area contributed by atoms with Crippen LogP contribution in [-0.4, -0.2) is 49.6 Å². The van der Waals surface area contributed by atoms with Crippen molar-refractivity contribution in [3.05, 3.63) is 0 Å². The minimum Gasteiger partial charge on any atom is -0.356 e. The fourth-order valence-electron chi connectivity index (χ4n) is 2.28. The van der Waals surface area contributed by atoms with E-state index in [0.717, 1.165) is 26.1 Å². The number of carbonyl (C=O) groups excluding carboxylic acids is 1. The summed E-state index contributed by atoms with van der Waals surface area (Å²) in [6.07, 6.45) is 5.72. The van der Waals surface area contributed by atoms with Gasteiger partial charge in [0.25, 0.3) is 0 Å². The number of likely N-dealkylation sites (tertiary alicyclic amines) is 1. The van der Waals surface area contributed by atoms with Crippen molar-refractivity contribution in [3.63, 3.8) is 0 Å². The molecule has 2 N–H and O–H groups in total. The second-order valence-electron chi connectivity index (χ2n) is 5.46. The van der Waals surface area contributed by atoms with E-state index in [2.05, 4.69) is 29.4 Å². The van der Waals surface area contributed by atoms with Crippen molar-refractivity contribution in [2.75, 3.05) is 32.7 Å². The Morgan fingerprint density at radius 2 is 1.89 bits per heavy atom. The molecule has 0 atom stereocenters. The van der Waals surface area contributed by atoms with Gasteiger partial charge < -0.3 is 15.5 Å². The molecule has 0 aromatic rings. The van der Waals surface area contributed by atoms with Gasteiger partial charge in [0.15, 0.2) is 0 Å². The van der Waals surface area contributed by atoms with E-state index >= 15 is 0 Å². The summed E-state index contributed by atoms with van der Waals surface area (Å²) >= 11 is 0. The molecule has 0 aromatic carbocycles. The minimum atomic E-state index is 0.168. The highest BCUT2D eigenvalue weighted by Gasteiger charge is 2.09. The van der Waals surface area contributed by atoms with Crippen LogP contribution in [0, 0.1) is 0 Å². The van der Waals surface area contributed by atoms with Gasteiger partial charge in [-0.05, 0) is 38.9 Å². The van der Waals surface area contributed by atoms with Crippen molar-refractivity contribution in [3.8, 4) is 0 Å². The molecule has 0 radical (unpaired) electrons. The van der Waals surface area contributed by atoms with Crippen LogP contribution in [0.1, 0.15) is 46.0 Å². The number of nitrogens with one attached hydrogen (secondary N) is 2. The lowest BCUT2D eigenvalue weighted by Gasteiger charge is -2.26. The topological polar surface area (TPSA) is 44.4 Å². The second kappa shape index (κ2) is 9.34. The number of carbonyl (C=O) groups is 1. The summed E-state index contributed by atoms with van der Waals surface area (Å²) in [7, 11) is 0. The number of hydrogen-bond acceptors (Lipinski definition) is 3. The van der Waals surface area contributed by atoms with E-state index in [0.29, 0.717) is 12.5 Å². The van der Waals surface area contributed by atoms with Gasteiger partial charge in [-0.15, -0.1) is 0 Å². The van der Waals surface area contributed by atoms with Crippen LogP contribution in [0.15, 0.2) is 0 Å². The van der Waals surface area contributed by atoms with Gasteiger partial charge in [-0.3, -0.25) is 4.79 Å². The summed E-state index contributed by atoms with van der Waals surface area (Å²) in [4.78, 5) is 14.0. The third-order valence-electron chi connectivity index (χ3n) is 3.33. The van der Waals surface area contributed by atoms with Crippen LogP contribution in [0.5, 0.6) is 0 Å². The van der Waals surface area contributed by atoms with Gasteiger partial charge in [0.05, 0.1) is 0 Å². The molecule has 4 heteroatoms. The van der Waals surface area contributed by atoms with Crippen LogP contribution in [-0.2, 0) is 4.79 Å². The molecule has 0 aliphatic carbocycles. The highest BCUT2D eigenvalue weighted by Crippen LogP contribution is 2.08. The molecule has 0 bridgehead atoms. The summed E-state index contributed by atoms with van der Waals surface area (Å²) in [5.41, 5.74) is 0. The Morgan fingerprint density at radius 1 is 1.17 bits per heavy atom. The van der Waals surface area contributed by atoms with Gasteiger partial charge in [-0.2, -0.15) is 0 Å². The lowest BCUT2D eigenvalue weighted by Crippen LogP contribution is -2.34. The summed E-state index contributed by atoms with van der Waals surface area (Å²) in [5.74, 6) is 0.168. The Morgan fingerprint density at radius 3 is 2.56 bits per heavy atom. The average Bonchev–Trinajstić information content (AvgIpc) is 2.35. The van der Waals surface area contributed by atoms with Crippen LogP contribution in [0.2, 0.25) is 0 Å². The molecule has 18 heavy (non-hydrogen) atoms. The molecule has 0 saturated carbocycles. The molecule has 1 saturated heterocycles. The number of nitrogens with zero attached hydrogens (tertiary/aromatic N) is 1. The molecule has 0 spiro atoms. The van der Waals surface area contributed by atoms with E-state index in [1.807, 2.05) is 0 Å². The highest BCUT2D eigenvalue weighted by molar-refractivity contribution is 5.75. The van der Waals surface area contributed by atoms with Gasteiger partial charge in [-0.25, -0.2) is 0 Å². The van der Waals surface area contributed by atoms with Crippen molar-refractivity contribution in [1.82, 2.24) is 15.5 Å². The van der Waals surface area contributed by atoms with Crippen LogP contribution in [0.3, 0.4) is 0 Å². The van der Waals surface area contributed by atoms with Crippen molar-refractivity contribution >= 4 is 5.91 Å². The van der Waals surface area contributed by atoms with Crippen molar-refractivity contribution in [2.45, 2.75) is 52.0 Å². The fraction of sp³-hybridized carbons (Fsp3) is 0.929. The average molecular weight is 255 g/mol. The predicted molar refractivity (Wildman–Crippen MR) is 75.7 cm³/mol. The van der Waals surface area contributed by atoms with E-state index in [4.69, 9.17) is 0 Å². The van der Waals surface area contributed by atoms with E-state index in [1.54, 1.807) is 0 Å². The maximum atomic E-state index is 11.5. The van der Waals surface area contributed by atoms with E-state index in [1.165, 1.54) is 32.4 Å². The van der Waals surface area contributed by atoms with Gasteiger partial charge in [0.1, 0.15) is 0 Å². The van der Waals surface area contributed by atoms with E-state index < -0.39 is 0 Å². The molecule has 106 valence electrons. The highest BCUT2D eigenvalue weighted by atomic mass is 16.1. The molecule has 1 rings (SSSR count). The maximum absolute atomic E-state index is 11.5. The molecular formula is C14H29N3O. The smallest absolute Gasteiger partial charge is 0.221 e.